The molecule has 0 spiro atoms. The van der Waals surface area contributed by atoms with Crippen molar-refractivity contribution < 1.29 is 34.2 Å². The lowest BCUT2D eigenvalue weighted by Crippen LogP contribution is -2.54. The summed E-state index contributed by atoms with van der Waals surface area (Å²) in [6.07, 6.45) is -0.466. The van der Waals surface area contributed by atoms with Crippen LogP contribution < -0.4 is 16.4 Å². The second-order valence-corrected chi connectivity index (χ2v) is 8.98. The predicted molar refractivity (Wildman–Crippen MR) is 135 cm³/mol. The molecule has 200 valence electrons. The molecule has 1 aliphatic rings. The van der Waals surface area contributed by atoms with Crippen LogP contribution >= 0.6 is 0 Å². The van der Waals surface area contributed by atoms with E-state index in [1.807, 2.05) is 0 Å². The summed E-state index contributed by atoms with van der Waals surface area (Å²) in [6.45, 7) is 0.339. The van der Waals surface area contributed by atoms with Gasteiger partial charge in [0.2, 0.25) is 11.8 Å². The second kappa shape index (κ2) is 12.5. The SMILES string of the molecule is N=C(N)c1ccc(C(=O)N2CC[C@@H](C(=O)N[C@@H](CC(=O)O)C(=O)N[C@@H](Cc3ccccc3)C(=O)O)C2)cc1. The third-order valence-electron chi connectivity index (χ3n) is 6.20. The number of likely N-dealkylation sites (tertiary alicyclic amines) is 1. The van der Waals surface area contributed by atoms with Gasteiger partial charge in [-0.1, -0.05) is 42.5 Å². The zero-order chi connectivity index (χ0) is 27.8. The molecule has 1 fully saturated rings. The first-order valence-electron chi connectivity index (χ1n) is 11.9. The molecule has 0 aliphatic carbocycles. The molecule has 3 atom stereocenters. The van der Waals surface area contributed by atoms with E-state index >= 15 is 0 Å². The summed E-state index contributed by atoms with van der Waals surface area (Å²) in [5, 5.41) is 31.0. The van der Waals surface area contributed by atoms with Gasteiger partial charge in [-0.05, 0) is 24.1 Å². The van der Waals surface area contributed by atoms with Crippen molar-refractivity contribution in [2.24, 2.45) is 11.7 Å². The van der Waals surface area contributed by atoms with E-state index < -0.39 is 48.2 Å². The van der Waals surface area contributed by atoms with E-state index in [4.69, 9.17) is 11.1 Å². The third kappa shape index (κ3) is 7.38. The number of nitrogens with two attached hydrogens (primary N) is 1. The maximum atomic E-state index is 12.9. The molecule has 3 rings (SSSR count). The summed E-state index contributed by atoms with van der Waals surface area (Å²) in [5.41, 5.74) is 6.92. The summed E-state index contributed by atoms with van der Waals surface area (Å²) in [6, 6.07) is 11.9. The number of aliphatic carboxylic acids is 2. The molecule has 2 aromatic rings. The van der Waals surface area contributed by atoms with Gasteiger partial charge in [-0.2, -0.15) is 0 Å². The Morgan fingerprint density at radius 3 is 2.16 bits per heavy atom. The number of amides is 3. The van der Waals surface area contributed by atoms with E-state index in [9.17, 15) is 34.2 Å². The third-order valence-corrected chi connectivity index (χ3v) is 6.20. The van der Waals surface area contributed by atoms with Crippen molar-refractivity contribution in [2.45, 2.75) is 31.3 Å². The molecular weight excluding hydrogens is 494 g/mol. The van der Waals surface area contributed by atoms with Gasteiger partial charge in [-0.3, -0.25) is 24.6 Å². The van der Waals surface area contributed by atoms with Crippen LogP contribution in [0.3, 0.4) is 0 Å². The topological polar surface area (TPSA) is 203 Å². The average molecular weight is 524 g/mol. The van der Waals surface area contributed by atoms with Gasteiger partial charge in [0.25, 0.3) is 5.91 Å². The molecule has 1 aliphatic heterocycles. The number of carbonyl (C=O) groups is 5. The van der Waals surface area contributed by atoms with E-state index in [0.717, 1.165) is 0 Å². The van der Waals surface area contributed by atoms with Gasteiger partial charge >= 0.3 is 11.9 Å². The van der Waals surface area contributed by atoms with Gasteiger partial charge < -0.3 is 31.5 Å². The Morgan fingerprint density at radius 1 is 0.947 bits per heavy atom. The smallest absolute Gasteiger partial charge is 0.326 e. The van der Waals surface area contributed by atoms with Crippen LogP contribution in [0.25, 0.3) is 0 Å². The predicted octanol–water partition coefficient (Wildman–Crippen LogP) is 0.204. The minimum absolute atomic E-state index is 0.0251. The Kier molecular flexibility index (Phi) is 9.14. The summed E-state index contributed by atoms with van der Waals surface area (Å²) in [4.78, 5) is 63.1. The van der Waals surface area contributed by atoms with E-state index in [-0.39, 0.29) is 31.3 Å². The molecule has 7 N–H and O–H groups in total. The van der Waals surface area contributed by atoms with E-state index in [1.165, 1.54) is 17.0 Å². The number of rotatable bonds is 11. The number of carboxylic acids is 2. The first-order chi connectivity index (χ1) is 18.0. The van der Waals surface area contributed by atoms with Gasteiger partial charge in [0, 0.05) is 30.6 Å². The van der Waals surface area contributed by atoms with Gasteiger partial charge in [-0.15, -0.1) is 0 Å². The van der Waals surface area contributed by atoms with Crippen LogP contribution in [0.2, 0.25) is 0 Å². The van der Waals surface area contributed by atoms with Crippen LogP contribution in [0, 0.1) is 11.3 Å². The largest absolute Gasteiger partial charge is 0.481 e. The zero-order valence-corrected chi connectivity index (χ0v) is 20.4. The molecule has 3 amide bonds. The molecule has 0 unspecified atom stereocenters. The maximum absolute atomic E-state index is 12.9. The molecule has 1 heterocycles. The Labute approximate surface area is 218 Å². The van der Waals surface area contributed by atoms with Crippen LogP contribution in [0.5, 0.6) is 0 Å². The Balaban J connectivity index is 1.62. The summed E-state index contributed by atoms with van der Waals surface area (Å²) >= 11 is 0. The number of nitrogens with one attached hydrogen (secondary N) is 3. The van der Waals surface area contributed by atoms with Gasteiger partial charge in [-0.25, -0.2) is 4.79 Å². The molecule has 12 heteroatoms. The zero-order valence-electron chi connectivity index (χ0n) is 20.4. The molecule has 0 radical (unpaired) electrons. The number of carbonyl (C=O) groups excluding carboxylic acids is 3. The summed E-state index contributed by atoms with van der Waals surface area (Å²) < 4.78 is 0. The van der Waals surface area contributed by atoms with Crippen molar-refractivity contribution >= 4 is 35.5 Å². The average Bonchev–Trinajstić information content (AvgIpc) is 3.38. The van der Waals surface area contributed by atoms with Crippen LogP contribution in [0.15, 0.2) is 54.6 Å². The molecule has 1 saturated heterocycles. The Bertz CT molecular complexity index is 1220. The van der Waals surface area contributed by atoms with E-state index in [2.05, 4.69) is 10.6 Å². The highest BCUT2D eigenvalue weighted by Gasteiger charge is 2.35. The lowest BCUT2D eigenvalue weighted by atomic mass is 10.0. The van der Waals surface area contributed by atoms with E-state index in [0.29, 0.717) is 23.1 Å². The molecular formula is C26H29N5O7. The molecule has 12 nitrogen and oxygen atoms in total. The number of amidine groups is 1. The van der Waals surface area contributed by atoms with Crippen LogP contribution in [-0.2, 0) is 25.6 Å². The van der Waals surface area contributed by atoms with Crippen LogP contribution in [0.4, 0.5) is 0 Å². The van der Waals surface area contributed by atoms with Crippen molar-refractivity contribution in [3.8, 4) is 0 Å². The highest BCUT2D eigenvalue weighted by Crippen LogP contribution is 2.20. The fraction of sp³-hybridized carbons (Fsp3) is 0.308. The van der Waals surface area contributed by atoms with Gasteiger partial charge in [0.1, 0.15) is 17.9 Å². The minimum Gasteiger partial charge on any atom is -0.481 e. The van der Waals surface area contributed by atoms with Crippen molar-refractivity contribution in [2.75, 3.05) is 13.1 Å². The van der Waals surface area contributed by atoms with Gasteiger partial charge in [0.15, 0.2) is 0 Å². The number of benzene rings is 2. The molecule has 38 heavy (non-hydrogen) atoms. The molecule has 0 saturated carbocycles. The number of nitrogen functional groups attached to an aromatic ring is 1. The standard InChI is InChI=1S/C26H29N5O7/c27-22(28)16-6-8-17(9-7-16)25(36)31-11-10-18(14-31)23(34)29-19(13-21(32)33)24(35)30-20(26(37)38)12-15-4-2-1-3-5-15/h1-9,18-20H,10-14H2,(H3,27,28)(H,29,34)(H,30,35)(H,32,33)(H,37,38)/t18-,19+,20+/m1/s1. The monoisotopic (exact) mass is 523 g/mol. The lowest BCUT2D eigenvalue weighted by molar-refractivity contribution is -0.143. The number of hydrogen-bond acceptors (Lipinski definition) is 6. The summed E-state index contributed by atoms with van der Waals surface area (Å²) in [7, 11) is 0. The normalized spacial score (nSPS) is 16.2. The number of carboxylic acid groups (broad SMARTS) is 2. The minimum atomic E-state index is -1.50. The number of nitrogens with zero attached hydrogens (tertiary/aromatic N) is 1. The van der Waals surface area contributed by atoms with Crippen molar-refractivity contribution in [3.05, 3.63) is 71.3 Å². The van der Waals surface area contributed by atoms with Crippen molar-refractivity contribution in [1.29, 1.82) is 5.41 Å². The maximum Gasteiger partial charge on any atom is 0.326 e. The summed E-state index contributed by atoms with van der Waals surface area (Å²) in [5.74, 6) is -5.32. The Hall–Kier alpha value is -4.74. The van der Waals surface area contributed by atoms with Crippen LogP contribution in [0.1, 0.15) is 34.3 Å². The quantitative estimate of drug-likeness (QED) is 0.177. The Morgan fingerprint density at radius 2 is 1.58 bits per heavy atom. The second-order valence-electron chi connectivity index (χ2n) is 8.98. The molecule has 0 aromatic heterocycles. The van der Waals surface area contributed by atoms with Crippen LogP contribution in [-0.4, -0.2) is 75.8 Å². The molecule has 0 bridgehead atoms. The fourth-order valence-electron chi connectivity index (χ4n) is 4.13. The highest BCUT2D eigenvalue weighted by atomic mass is 16.4. The van der Waals surface area contributed by atoms with Gasteiger partial charge in [0.05, 0.1) is 12.3 Å². The molecule has 2 aromatic carbocycles. The first-order valence-corrected chi connectivity index (χ1v) is 11.9. The first kappa shape index (κ1) is 27.8. The fourth-order valence-corrected chi connectivity index (χ4v) is 4.13. The highest BCUT2D eigenvalue weighted by molar-refractivity contribution is 5.99. The van der Waals surface area contributed by atoms with E-state index in [1.54, 1.807) is 42.5 Å². The van der Waals surface area contributed by atoms with Crippen molar-refractivity contribution in [3.63, 3.8) is 0 Å². The lowest BCUT2D eigenvalue weighted by Gasteiger charge is -2.22. The number of hydrogen-bond donors (Lipinski definition) is 6. The van der Waals surface area contributed by atoms with Crippen molar-refractivity contribution in [1.82, 2.24) is 15.5 Å².